The monoisotopic (exact) mass is 289 g/mol. The molecule has 0 bridgehead atoms. The number of hydrogen-bond acceptors (Lipinski definition) is 2. The molecule has 0 saturated heterocycles. The lowest BCUT2D eigenvalue weighted by Gasteiger charge is -2.06. The number of anilines is 1. The van der Waals surface area contributed by atoms with Crippen molar-refractivity contribution < 1.29 is 8.78 Å². The first kappa shape index (κ1) is 13.8. The molecule has 0 amide bonds. The summed E-state index contributed by atoms with van der Waals surface area (Å²) in [5, 5.41) is 0. The van der Waals surface area contributed by atoms with E-state index in [0.717, 1.165) is 18.7 Å². The molecular weight excluding hydrogens is 272 g/mol. The van der Waals surface area contributed by atoms with Crippen LogP contribution in [0.5, 0.6) is 0 Å². The number of allylic oxidation sites excluding steroid dienone is 1. The summed E-state index contributed by atoms with van der Waals surface area (Å²) >= 11 is 0. The molecule has 0 aliphatic heterocycles. The minimum atomic E-state index is -2.50. The van der Waals surface area contributed by atoms with E-state index in [0.29, 0.717) is 29.5 Å². The zero-order chi connectivity index (χ0) is 15.0. The third-order valence-electron chi connectivity index (χ3n) is 3.70. The predicted molar refractivity (Wildman–Crippen MR) is 79.2 cm³/mol. The molecular formula is C16H17F2N3. The van der Waals surface area contributed by atoms with Crippen molar-refractivity contribution in [1.82, 2.24) is 9.55 Å². The molecule has 3 rings (SSSR count). The van der Waals surface area contributed by atoms with Gasteiger partial charge in [-0.1, -0.05) is 24.3 Å². The average Bonchev–Trinajstić information content (AvgIpc) is 3.26. The van der Waals surface area contributed by atoms with Crippen LogP contribution in [0.3, 0.4) is 0 Å². The van der Waals surface area contributed by atoms with E-state index >= 15 is 0 Å². The molecule has 1 aromatic heterocycles. The maximum absolute atomic E-state index is 12.8. The van der Waals surface area contributed by atoms with Gasteiger partial charge in [-0.15, -0.1) is 6.58 Å². The molecule has 1 heterocycles. The van der Waals surface area contributed by atoms with E-state index in [1.807, 2.05) is 4.57 Å². The average molecular weight is 289 g/mol. The SMILES string of the molecule is C=CCn1c(C2CC2)nc(-c2cccc(C(F)F)c2)c1N. The standard InChI is InChI=1S/C16H17F2N3/c1-2-8-21-15(19)13(20-16(21)10-6-7-10)11-4-3-5-12(9-11)14(17)18/h2-5,9-10,14H,1,6-8,19H2. The van der Waals surface area contributed by atoms with Crippen LogP contribution in [0.4, 0.5) is 14.6 Å². The molecule has 0 spiro atoms. The number of benzene rings is 1. The zero-order valence-electron chi connectivity index (χ0n) is 11.6. The summed E-state index contributed by atoms with van der Waals surface area (Å²) in [4.78, 5) is 4.61. The maximum atomic E-state index is 12.8. The van der Waals surface area contributed by atoms with E-state index in [1.165, 1.54) is 12.1 Å². The number of nitrogen functional groups attached to an aromatic ring is 1. The fraction of sp³-hybridized carbons (Fsp3) is 0.312. The number of rotatable bonds is 5. The normalized spacial score (nSPS) is 14.6. The summed E-state index contributed by atoms with van der Waals surface area (Å²) < 4.78 is 27.6. The van der Waals surface area contributed by atoms with Crippen LogP contribution in [-0.4, -0.2) is 9.55 Å². The highest BCUT2D eigenvalue weighted by molar-refractivity contribution is 5.72. The minimum absolute atomic E-state index is 0.0156. The van der Waals surface area contributed by atoms with Crippen molar-refractivity contribution >= 4 is 5.82 Å². The van der Waals surface area contributed by atoms with Crippen molar-refractivity contribution in [1.29, 1.82) is 0 Å². The first-order chi connectivity index (χ1) is 10.1. The Labute approximate surface area is 122 Å². The Hall–Kier alpha value is -2.17. The highest BCUT2D eigenvalue weighted by Crippen LogP contribution is 2.42. The van der Waals surface area contributed by atoms with E-state index in [2.05, 4.69) is 11.6 Å². The highest BCUT2D eigenvalue weighted by atomic mass is 19.3. The van der Waals surface area contributed by atoms with Gasteiger partial charge >= 0.3 is 0 Å². The minimum Gasteiger partial charge on any atom is -0.383 e. The Kier molecular flexibility index (Phi) is 3.49. The lowest BCUT2D eigenvalue weighted by atomic mass is 10.1. The van der Waals surface area contributed by atoms with Gasteiger partial charge in [-0.05, 0) is 18.9 Å². The van der Waals surface area contributed by atoms with Crippen LogP contribution in [0.15, 0.2) is 36.9 Å². The number of halogens is 2. The van der Waals surface area contributed by atoms with E-state index in [1.54, 1.807) is 18.2 Å². The van der Waals surface area contributed by atoms with Crippen LogP contribution in [0, 0.1) is 0 Å². The second kappa shape index (κ2) is 5.31. The quantitative estimate of drug-likeness (QED) is 0.841. The van der Waals surface area contributed by atoms with Gasteiger partial charge in [0.05, 0.1) is 0 Å². The first-order valence-corrected chi connectivity index (χ1v) is 6.97. The second-order valence-corrected chi connectivity index (χ2v) is 5.30. The molecule has 0 radical (unpaired) electrons. The Morgan fingerprint density at radius 3 is 2.81 bits per heavy atom. The molecule has 1 aliphatic rings. The van der Waals surface area contributed by atoms with Crippen LogP contribution >= 0.6 is 0 Å². The third kappa shape index (κ3) is 2.55. The van der Waals surface area contributed by atoms with Crippen molar-refractivity contribution in [2.45, 2.75) is 31.7 Å². The lowest BCUT2D eigenvalue weighted by molar-refractivity contribution is 0.151. The topological polar surface area (TPSA) is 43.8 Å². The van der Waals surface area contributed by atoms with E-state index in [9.17, 15) is 8.78 Å². The number of alkyl halides is 2. The van der Waals surface area contributed by atoms with Crippen molar-refractivity contribution in [2.75, 3.05) is 5.73 Å². The smallest absolute Gasteiger partial charge is 0.263 e. The predicted octanol–water partition coefficient (Wildman–Crippen LogP) is 4.13. The Morgan fingerprint density at radius 2 is 2.19 bits per heavy atom. The van der Waals surface area contributed by atoms with E-state index in [-0.39, 0.29) is 5.56 Å². The molecule has 0 unspecified atom stereocenters. The molecule has 1 fully saturated rings. The van der Waals surface area contributed by atoms with Gasteiger partial charge in [0.25, 0.3) is 6.43 Å². The molecule has 5 heteroatoms. The molecule has 1 aliphatic carbocycles. The summed E-state index contributed by atoms with van der Waals surface area (Å²) in [5.41, 5.74) is 7.38. The number of hydrogen-bond donors (Lipinski definition) is 1. The number of aromatic nitrogens is 2. The lowest BCUT2D eigenvalue weighted by Crippen LogP contribution is -2.05. The van der Waals surface area contributed by atoms with Gasteiger partial charge in [-0.25, -0.2) is 13.8 Å². The molecule has 21 heavy (non-hydrogen) atoms. The van der Waals surface area contributed by atoms with Crippen LogP contribution in [-0.2, 0) is 6.54 Å². The van der Waals surface area contributed by atoms with Gasteiger partial charge < -0.3 is 10.3 Å². The van der Waals surface area contributed by atoms with Gasteiger partial charge in [-0.3, -0.25) is 0 Å². The van der Waals surface area contributed by atoms with Crippen LogP contribution < -0.4 is 5.73 Å². The zero-order valence-corrected chi connectivity index (χ0v) is 11.6. The van der Waals surface area contributed by atoms with Gasteiger partial charge in [0.15, 0.2) is 0 Å². The second-order valence-electron chi connectivity index (χ2n) is 5.30. The molecule has 2 N–H and O–H groups in total. The molecule has 3 nitrogen and oxygen atoms in total. The fourth-order valence-electron chi connectivity index (χ4n) is 2.49. The summed E-state index contributed by atoms with van der Waals surface area (Å²) in [6, 6.07) is 6.24. The van der Waals surface area contributed by atoms with Gasteiger partial charge in [-0.2, -0.15) is 0 Å². The summed E-state index contributed by atoms with van der Waals surface area (Å²) in [5.74, 6) is 1.88. The van der Waals surface area contributed by atoms with E-state index < -0.39 is 6.43 Å². The molecule has 2 aromatic rings. The Balaban J connectivity index is 2.07. The molecule has 1 aromatic carbocycles. The van der Waals surface area contributed by atoms with Gasteiger partial charge in [0.1, 0.15) is 17.3 Å². The van der Waals surface area contributed by atoms with Crippen molar-refractivity contribution in [2.24, 2.45) is 0 Å². The number of nitrogens with two attached hydrogens (primary N) is 1. The van der Waals surface area contributed by atoms with Crippen molar-refractivity contribution in [3.63, 3.8) is 0 Å². The molecule has 0 atom stereocenters. The maximum Gasteiger partial charge on any atom is 0.263 e. The van der Waals surface area contributed by atoms with Crippen LogP contribution in [0.2, 0.25) is 0 Å². The Bertz CT molecular complexity index is 672. The number of nitrogens with zero attached hydrogens (tertiary/aromatic N) is 2. The van der Waals surface area contributed by atoms with Crippen LogP contribution in [0.1, 0.15) is 36.6 Å². The first-order valence-electron chi connectivity index (χ1n) is 6.97. The van der Waals surface area contributed by atoms with Crippen LogP contribution in [0.25, 0.3) is 11.3 Å². The fourth-order valence-corrected chi connectivity index (χ4v) is 2.49. The van der Waals surface area contributed by atoms with E-state index in [4.69, 9.17) is 5.73 Å². The highest BCUT2D eigenvalue weighted by Gasteiger charge is 2.30. The van der Waals surface area contributed by atoms with Crippen molar-refractivity contribution in [3.05, 3.63) is 48.3 Å². The van der Waals surface area contributed by atoms with Gasteiger partial charge in [0, 0.05) is 23.6 Å². The summed E-state index contributed by atoms with van der Waals surface area (Å²) in [6.07, 6.45) is 1.47. The summed E-state index contributed by atoms with van der Waals surface area (Å²) in [6.45, 7) is 4.32. The Morgan fingerprint density at radius 1 is 1.43 bits per heavy atom. The van der Waals surface area contributed by atoms with Gasteiger partial charge in [0.2, 0.25) is 0 Å². The van der Waals surface area contributed by atoms with Crippen molar-refractivity contribution in [3.8, 4) is 11.3 Å². The third-order valence-corrected chi connectivity index (χ3v) is 3.70. The largest absolute Gasteiger partial charge is 0.383 e. The number of imidazole rings is 1. The molecule has 1 saturated carbocycles. The summed E-state index contributed by atoms with van der Waals surface area (Å²) in [7, 11) is 0. The molecule has 110 valence electrons.